The molecule has 0 aliphatic carbocycles. The van der Waals surface area contributed by atoms with Crippen LogP contribution in [-0.4, -0.2) is 59.6 Å². The summed E-state index contributed by atoms with van der Waals surface area (Å²) in [6.07, 6.45) is 2.26. The summed E-state index contributed by atoms with van der Waals surface area (Å²) in [5.74, 6) is -0.196. The fraction of sp³-hybridized carbons (Fsp3) is 0.471. The topological polar surface area (TPSA) is 90.1 Å². The first-order valence-electron chi connectivity index (χ1n) is 8.34. The van der Waals surface area contributed by atoms with E-state index in [4.69, 9.17) is 0 Å². The largest absolute Gasteiger partial charge is 0.350 e. The molecule has 1 aromatic heterocycles. The number of fused-ring (bicyclic) bond motifs is 1. The highest BCUT2D eigenvalue weighted by molar-refractivity contribution is 6.04. The number of hydrogen-bond acceptors (Lipinski definition) is 4. The standard InChI is InChI=1S/C17H23N5O2.ClH/c1-22(12-6-9-18-10-7-12)15(23)8-11-19-17(24)16-13-4-2-3-5-14(13)20-21-16;/h2-5,12,18H,6-11H2,1H3,(H,19,24)(H,20,21);1H. The predicted octanol–water partition coefficient (Wildman–Crippen LogP) is 1.31. The quantitative estimate of drug-likeness (QED) is 0.745. The van der Waals surface area contributed by atoms with Gasteiger partial charge in [-0.2, -0.15) is 5.10 Å². The zero-order chi connectivity index (χ0) is 16.9. The number of rotatable bonds is 5. The van der Waals surface area contributed by atoms with Crippen LogP contribution in [0.3, 0.4) is 0 Å². The summed E-state index contributed by atoms with van der Waals surface area (Å²) < 4.78 is 0. The maximum atomic E-state index is 12.3. The molecule has 2 amide bonds. The first-order valence-corrected chi connectivity index (χ1v) is 8.34. The van der Waals surface area contributed by atoms with Gasteiger partial charge < -0.3 is 15.5 Å². The van der Waals surface area contributed by atoms with Gasteiger partial charge in [-0.3, -0.25) is 14.7 Å². The summed E-state index contributed by atoms with van der Waals surface area (Å²) in [5.41, 5.74) is 1.19. The van der Waals surface area contributed by atoms with Crippen molar-refractivity contribution in [1.82, 2.24) is 25.7 Å². The van der Waals surface area contributed by atoms with Crippen molar-refractivity contribution < 1.29 is 9.59 Å². The van der Waals surface area contributed by atoms with E-state index in [0.29, 0.717) is 24.7 Å². The van der Waals surface area contributed by atoms with Gasteiger partial charge >= 0.3 is 0 Å². The van der Waals surface area contributed by atoms with E-state index in [-0.39, 0.29) is 24.2 Å². The molecule has 3 rings (SSSR count). The van der Waals surface area contributed by atoms with Crippen LogP contribution >= 0.6 is 12.4 Å². The van der Waals surface area contributed by atoms with Crippen LogP contribution in [0.2, 0.25) is 0 Å². The van der Waals surface area contributed by atoms with Crippen LogP contribution in [0, 0.1) is 0 Å². The van der Waals surface area contributed by atoms with Crippen molar-refractivity contribution in [2.75, 3.05) is 26.7 Å². The van der Waals surface area contributed by atoms with Crippen LogP contribution in [0.25, 0.3) is 10.9 Å². The van der Waals surface area contributed by atoms with Crippen molar-refractivity contribution in [3.05, 3.63) is 30.0 Å². The van der Waals surface area contributed by atoms with Gasteiger partial charge in [-0.05, 0) is 32.0 Å². The highest BCUT2D eigenvalue weighted by Crippen LogP contribution is 2.15. The lowest BCUT2D eigenvalue weighted by Crippen LogP contribution is -2.44. The van der Waals surface area contributed by atoms with Crippen LogP contribution < -0.4 is 10.6 Å². The summed E-state index contributed by atoms with van der Waals surface area (Å²) in [6.45, 7) is 2.21. The molecule has 0 spiro atoms. The zero-order valence-corrected chi connectivity index (χ0v) is 15.1. The van der Waals surface area contributed by atoms with E-state index in [1.54, 1.807) is 0 Å². The van der Waals surface area contributed by atoms with Crippen molar-refractivity contribution >= 4 is 35.1 Å². The van der Waals surface area contributed by atoms with Gasteiger partial charge in [0.05, 0.1) is 5.52 Å². The SMILES string of the molecule is CN(C(=O)CCNC(=O)c1n[nH]c2ccccc12)C1CCNCC1.Cl. The van der Waals surface area contributed by atoms with Crippen LogP contribution in [0.5, 0.6) is 0 Å². The van der Waals surface area contributed by atoms with Gasteiger partial charge in [0.1, 0.15) is 0 Å². The molecule has 1 aliphatic heterocycles. The van der Waals surface area contributed by atoms with Gasteiger partial charge in [0.15, 0.2) is 5.69 Å². The van der Waals surface area contributed by atoms with E-state index >= 15 is 0 Å². The molecule has 0 atom stereocenters. The molecule has 8 heteroatoms. The molecule has 3 N–H and O–H groups in total. The third kappa shape index (κ3) is 4.49. The van der Waals surface area contributed by atoms with Crippen LogP contribution in [0.1, 0.15) is 29.8 Å². The van der Waals surface area contributed by atoms with E-state index in [2.05, 4.69) is 20.8 Å². The van der Waals surface area contributed by atoms with Crippen molar-refractivity contribution in [2.24, 2.45) is 0 Å². The first kappa shape index (κ1) is 19.2. The summed E-state index contributed by atoms with van der Waals surface area (Å²) >= 11 is 0. The molecule has 1 fully saturated rings. The number of hydrogen-bond donors (Lipinski definition) is 3. The number of para-hydroxylation sites is 1. The number of nitrogens with zero attached hydrogens (tertiary/aromatic N) is 2. The fourth-order valence-electron chi connectivity index (χ4n) is 3.08. The number of piperidine rings is 1. The Bertz CT molecular complexity index is 727. The van der Waals surface area contributed by atoms with Gasteiger partial charge in [-0.25, -0.2) is 0 Å². The number of aromatic nitrogens is 2. The Labute approximate surface area is 152 Å². The maximum absolute atomic E-state index is 12.3. The van der Waals surface area contributed by atoms with E-state index < -0.39 is 0 Å². The third-order valence-corrected chi connectivity index (χ3v) is 4.56. The number of aromatic amines is 1. The molecule has 1 aromatic carbocycles. The number of halogens is 1. The number of H-pyrrole nitrogens is 1. The molecule has 0 radical (unpaired) electrons. The van der Waals surface area contributed by atoms with Crippen molar-refractivity contribution in [1.29, 1.82) is 0 Å². The molecule has 7 nitrogen and oxygen atoms in total. The number of benzene rings is 1. The Morgan fingerprint density at radius 1 is 1.28 bits per heavy atom. The van der Waals surface area contributed by atoms with Gasteiger partial charge in [-0.15, -0.1) is 12.4 Å². The van der Waals surface area contributed by atoms with E-state index in [1.165, 1.54) is 0 Å². The number of amides is 2. The highest BCUT2D eigenvalue weighted by Gasteiger charge is 2.22. The Morgan fingerprint density at radius 3 is 2.76 bits per heavy atom. The summed E-state index contributed by atoms with van der Waals surface area (Å²) in [6, 6.07) is 7.77. The Hall–Kier alpha value is -2.12. The lowest BCUT2D eigenvalue weighted by Gasteiger charge is -2.31. The third-order valence-electron chi connectivity index (χ3n) is 4.56. The lowest BCUT2D eigenvalue weighted by molar-refractivity contribution is -0.132. The van der Waals surface area contributed by atoms with Crippen molar-refractivity contribution in [2.45, 2.75) is 25.3 Å². The minimum Gasteiger partial charge on any atom is -0.350 e. The van der Waals surface area contributed by atoms with Gasteiger partial charge in [0.25, 0.3) is 5.91 Å². The zero-order valence-electron chi connectivity index (χ0n) is 14.2. The minimum atomic E-state index is -0.259. The summed E-state index contributed by atoms with van der Waals surface area (Å²) in [7, 11) is 1.85. The maximum Gasteiger partial charge on any atom is 0.272 e. The Morgan fingerprint density at radius 2 is 2.00 bits per heavy atom. The predicted molar refractivity (Wildman–Crippen MR) is 99.0 cm³/mol. The van der Waals surface area contributed by atoms with Crippen LogP contribution in [0.4, 0.5) is 0 Å². The molecule has 136 valence electrons. The van der Waals surface area contributed by atoms with E-state index in [1.807, 2.05) is 36.2 Å². The first-order chi connectivity index (χ1) is 11.7. The monoisotopic (exact) mass is 365 g/mol. The molecule has 2 aromatic rings. The van der Waals surface area contributed by atoms with Crippen LogP contribution in [-0.2, 0) is 4.79 Å². The molecule has 0 saturated carbocycles. The highest BCUT2D eigenvalue weighted by atomic mass is 35.5. The minimum absolute atomic E-state index is 0. The summed E-state index contributed by atoms with van der Waals surface area (Å²) in [5, 5.41) is 13.8. The second-order valence-corrected chi connectivity index (χ2v) is 6.11. The average Bonchev–Trinajstić information content (AvgIpc) is 3.06. The smallest absolute Gasteiger partial charge is 0.272 e. The Kier molecular flexibility index (Phi) is 6.78. The fourth-order valence-corrected chi connectivity index (χ4v) is 3.08. The van der Waals surface area contributed by atoms with E-state index in [0.717, 1.165) is 36.8 Å². The average molecular weight is 366 g/mol. The summed E-state index contributed by atoms with van der Waals surface area (Å²) in [4.78, 5) is 26.3. The Balaban J connectivity index is 0.00000225. The van der Waals surface area contributed by atoms with Crippen molar-refractivity contribution in [3.63, 3.8) is 0 Å². The second-order valence-electron chi connectivity index (χ2n) is 6.11. The number of carbonyl (C=O) groups is 2. The molecule has 1 saturated heterocycles. The van der Waals surface area contributed by atoms with E-state index in [9.17, 15) is 9.59 Å². The molecule has 1 aliphatic rings. The van der Waals surface area contributed by atoms with Gasteiger partial charge in [0.2, 0.25) is 5.91 Å². The number of nitrogens with one attached hydrogen (secondary N) is 3. The van der Waals surface area contributed by atoms with Gasteiger partial charge in [0, 0.05) is 31.4 Å². The molecule has 0 bridgehead atoms. The normalized spacial score (nSPS) is 14.8. The lowest BCUT2D eigenvalue weighted by atomic mass is 10.1. The molecule has 25 heavy (non-hydrogen) atoms. The molecule has 0 unspecified atom stereocenters. The molecular weight excluding hydrogens is 342 g/mol. The number of carbonyl (C=O) groups excluding carboxylic acids is 2. The molecular formula is C17H24ClN5O2. The van der Waals surface area contributed by atoms with Crippen LogP contribution in [0.15, 0.2) is 24.3 Å². The molecule has 2 heterocycles. The van der Waals surface area contributed by atoms with Crippen molar-refractivity contribution in [3.8, 4) is 0 Å². The second kappa shape index (κ2) is 8.82. The van der Waals surface area contributed by atoms with Gasteiger partial charge in [-0.1, -0.05) is 18.2 Å².